The molecule has 0 saturated heterocycles. The van der Waals surface area contributed by atoms with Crippen LogP contribution in [0.5, 0.6) is 5.75 Å². The van der Waals surface area contributed by atoms with E-state index < -0.39 is 0 Å². The van der Waals surface area contributed by atoms with Crippen molar-refractivity contribution in [3.05, 3.63) is 58.7 Å². The number of aromatic hydroxyl groups is 1. The highest BCUT2D eigenvalue weighted by Crippen LogP contribution is 2.35. The molecule has 0 radical (unpaired) electrons. The molecular formula is C17H13N3O. The molecule has 1 aliphatic carbocycles. The maximum atomic E-state index is 9.51. The summed E-state index contributed by atoms with van der Waals surface area (Å²) in [7, 11) is 0. The third kappa shape index (κ3) is 2.40. The number of nitrogens with zero attached hydrogens (tertiary/aromatic N) is 2. The Morgan fingerprint density at radius 2 is 1.86 bits per heavy atom. The molecule has 21 heavy (non-hydrogen) atoms. The summed E-state index contributed by atoms with van der Waals surface area (Å²) in [5, 5.41) is 30.9. The lowest BCUT2D eigenvalue weighted by Gasteiger charge is -2.16. The van der Waals surface area contributed by atoms with Crippen molar-refractivity contribution >= 4 is 5.69 Å². The second kappa shape index (κ2) is 5.19. The van der Waals surface area contributed by atoms with E-state index in [2.05, 4.69) is 5.32 Å². The average Bonchev–Trinajstić information content (AvgIpc) is 2.89. The molecular weight excluding hydrogens is 262 g/mol. The Balaban J connectivity index is 1.87. The van der Waals surface area contributed by atoms with Crippen molar-refractivity contribution in [1.82, 2.24) is 0 Å². The minimum Gasteiger partial charge on any atom is -0.508 e. The number of phenols is 1. The van der Waals surface area contributed by atoms with E-state index in [4.69, 9.17) is 10.5 Å². The molecule has 4 heteroatoms. The van der Waals surface area contributed by atoms with Gasteiger partial charge in [0.15, 0.2) is 0 Å². The monoisotopic (exact) mass is 275 g/mol. The lowest BCUT2D eigenvalue weighted by atomic mass is 10.1. The number of nitriles is 2. The molecule has 102 valence electrons. The number of fused-ring (bicyclic) bond motifs is 1. The largest absolute Gasteiger partial charge is 0.508 e. The van der Waals surface area contributed by atoms with Crippen LogP contribution in [0.15, 0.2) is 36.4 Å². The Morgan fingerprint density at radius 1 is 1.05 bits per heavy atom. The van der Waals surface area contributed by atoms with Crippen LogP contribution in [0.3, 0.4) is 0 Å². The maximum absolute atomic E-state index is 9.51. The molecule has 1 unspecified atom stereocenters. The molecule has 0 saturated carbocycles. The highest BCUT2D eigenvalue weighted by Gasteiger charge is 2.22. The lowest BCUT2D eigenvalue weighted by Crippen LogP contribution is -2.07. The molecule has 0 bridgehead atoms. The number of rotatable bonds is 2. The van der Waals surface area contributed by atoms with Crippen LogP contribution in [0.1, 0.15) is 34.7 Å². The van der Waals surface area contributed by atoms with Gasteiger partial charge in [-0.1, -0.05) is 6.07 Å². The van der Waals surface area contributed by atoms with Gasteiger partial charge in [-0.15, -0.1) is 0 Å². The first-order valence-electron chi connectivity index (χ1n) is 6.74. The summed E-state index contributed by atoms with van der Waals surface area (Å²) in [6.07, 6.45) is 1.86. The first kappa shape index (κ1) is 13.0. The van der Waals surface area contributed by atoms with Gasteiger partial charge in [-0.3, -0.25) is 0 Å². The molecule has 0 aliphatic heterocycles. The summed E-state index contributed by atoms with van der Waals surface area (Å²) < 4.78 is 0. The predicted octanol–water partition coefficient (Wildman–Crippen LogP) is 3.23. The van der Waals surface area contributed by atoms with Crippen LogP contribution < -0.4 is 5.32 Å². The fourth-order valence-electron chi connectivity index (χ4n) is 2.78. The summed E-state index contributed by atoms with van der Waals surface area (Å²) >= 11 is 0. The highest BCUT2D eigenvalue weighted by molar-refractivity contribution is 5.58. The molecule has 0 spiro atoms. The molecule has 1 atom stereocenters. The van der Waals surface area contributed by atoms with E-state index in [1.54, 1.807) is 24.3 Å². The SMILES string of the molecule is N#Cc1ccc(NC2CCc3cc(O)ccc32)cc1C#N. The van der Waals surface area contributed by atoms with Gasteiger partial charge in [0.1, 0.15) is 17.9 Å². The Kier molecular flexibility index (Phi) is 3.22. The molecule has 0 heterocycles. The second-order valence-corrected chi connectivity index (χ2v) is 5.10. The fourth-order valence-corrected chi connectivity index (χ4v) is 2.78. The van der Waals surface area contributed by atoms with Gasteiger partial charge in [0, 0.05) is 5.69 Å². The van der Waals surface area contributed by atoms with Crippen LogP contribution in [-0.4, -0.2) is 5.11 Å². The average molecular weight is 275 g/mol. The highest BCUT2D eigenvalue weighted by atomic mass is 16.3. The van der Waals surface area contributed by atoms with Crippen molar-refractivity contribution in [2.45, 2.75) is 18.9 Å². The minimum absolute atomic E-state index is 0.167. The van der Waals surface area contributed by atoms with Gasteiger partial charge >= 0.3 is 0 Å². The molecule has 0 amide bonds. The van der Waals surface area contributed by atoms with Crippen molar-refractivity contribution in [2.24, 2.45) is 0 Å². The van der Waals surface area contributed by atoms with Crippen LogP contribution in [0.25, 0.3) is 0 Å². The van der Waals surface area contributed by atoms with Crippen LogP contribution in [0.2, 0.25) is 0 Å². The molecule has 0 aromatic heterocycles. The summed E-state index contributed by atoms with van der Waals surface area (Å²) in [6.45, 7) is 0. The number of hydrogen-bond donors (Lipinski definition) is 2. The molecule has 2 aromatic carbocycles. The van der Waals surface area contributed by atoms with E-state index in [0.29, 0.717) is 16.9 Å². The predicted molar refractivity (Wildman–Crippen MR) is 78.7 cm³/mol. The van der Waals surface area contributed by atoms with Crippen LogP contribution in [-0.2, 0) is 6.42 Å². The maximum Gasteiger partial charge on any atom is 0.115 e. The van der Waals surface area contributed by atoms with Crippen molar-refractivity contribution in [2.75, 3.05) is 5.32 Å². The minimum atomic E-state index is 0.167. The quantitative estimate of drug-likeness (QED) is 0.881. The van der Waals surface area contributed by atoms with Gasteiger partial charge in [0.05, 0.1) is 17.2 Å². The van der Waals surface area contributed by atoms with E-state index in [0.717, 1.165) is 24.1 Å². The van der Waals surface area contributed by atoms with E-state index in [1.165, 1.54) is 5.56 Å². The first-order chi connectivity index (χ1) is 10.2. The number of aryl methyl sites for hydroxylation is 1. The summed E-state index contributed by atoms with van der Waals surface area (Å²) in [5.41, 5.74) is 3.93. The zero-order chi connectivity index (χ0) is 14.8. The Hall–Kier alpha value is -2.98. The lowest BCUT2D eigenvalue weighted by molar-refractivity contribution is 0.474. The number of hydrogen-bond acceptors (Lipinski definition) is 4. The topological polar surface area (TPSA) is 79.8 Å². The van der Waals surface area contributed by atoms with Gasteiger partial charge in [-0.25, -0.2) is 0 Å². The van der Waals surface area contributed by atoms with Gasteiger partial charge in [0.2, 0.25) is 0 Å². The molecule has 1 aliphatic rings. The van der Waals surface area contributed by atoms with Crippen molar-refractivity contribution in [3.63, 3.8) is 0 Å². The van der Waals surface area contributed by atoms with E-state index in [9.17, 15) is 5.11 Å². The van der Waals surface area contributed by atoms with Gasteiger partial charge in [-0.2, -0.15) is 10.5 Å². The van der Waals surface area contributed by atoms with Gasteiger partial charge in [0.25, 0.3) is 0 Å². The number of phenolic OH excluding ortho intramolecular Hbond substituents is 1. The van der Waals surface area contributed by atoms with Gasteiger partial charge in [-0.05, 0) is 54.3 Å². The van der Waals surface area contributed by atoms with Crippen LogP contribution >= 0.6 is 0 Å². The summed E-state index contributed by atoms with van der Waals surface area (Å²) in [4.78, 5) is 0. The normalized spacial score (nSPS) is 15.8. The number of nitrogens with one attached hydrogen (secondary N) is 1. The molecule has 2 aromatic rings. The Morgan fingerprint density at radius 3 is 2.62 bits per heavy atom. The summed E-state index contributed by atoms with van der Waals surface area (Å²) in [6, 6.07) is 14.8. The molecule has 2 N–H and O–H groups in total. The number of benzene rings is 2. The first-order valence-corrected chi connectivity index (χ1v) is 6.74. The standard InChI is InChI=1S/C17H13N3O/c18-9-12-1-3-14(7-13(12)10-19)20-17-6-2-11-8-15(21)4-5-16(11)17/h1,3-5,7-8,17,20-21H,2,6H2. The smallest absolute Gasteiger partial charge is 0.115 e. The third-order valence-electron chi connectivity index (χ3n) is 3.81. The van der Waals surface area contributed by atoms with Crippen molar-refractivity contribution in [3.8, 4) is 17.9 Å². The van der Waals surface area contributed by atoms with E-state index in [1.807, 2.05) is 24.3 Å². The zero-order valence-electron chi connectivity index (χ0n) is 11.3. The molecule has 4 nitrogen and oxygen atoms in total. The van der Waals surface area contributed by atoms with E-state index >= 15 is 0 Å². The van der Waals surface area contributed by atoms with E-state index in [-0.39, 0.29) is 6.04 Å². The zero-order valence-corrected chi connectivity index (χ0v) is 11.3. The second-order valence-electron chi connectivity index (χ2n) is 5.10. The van der Waals surface area contributed by atoms with Crippen molar-refractivity contribution in [1.29, 1.82) is 10.5 Å². The van der Waals surface area contributed by atoms with Gasteiger partial charge < -0.3 is 10.4 Å². The van der Waals surface area contributed by atoms with Crippen molar-refractivity contribution < 1.29 is 5.11 Å². The molecule has 0 fully saturated rings. The fraction of sp³-hybridized carbons (Fsp3) is 0.176. The Labute approximate surface area is 122 Å². The Bertz CT molecular complexity index is 784. The number of anilines is 1. The van der Waals surface area contributed by atoms with Crippen LogP contribution in [0.4, 0.5) is 5.69 Å². The summed E-state index contributed by atoms with van der Waals surface area (Å²) in [5.74, 6) is 0.291. The van der Waals surface area contributed by atoms with Crippen LogP contribution in [0, 0.1) is 22.7 Å². The molecule has 3 rings (SSSR count). The third-order valence-corrected chi connectivity index (χ3v) is 3.81.